The number of amides is 1. The third-order valence-corrected chi connectivity index (χ3v) is 7.12. The molecule has 2 aliphatic carbocycles. The number of benzene rings is 2. The first kappa shape index (κ1) is 23.4. The molecule has 1 amide bonds. The summed E-state index contributed by atoms with van der Waals surface area (Å²) in [6, 6.07) is 10.9. The minimum Gasteiger partial charge on any atom is -0.493 e. The van der Waals surface area contributed by atoms with Gasteiger partial charge in [-0.3, -0.25) is 10.2 Å². The molecule has 5 rings (SSSR count). The number of aryl methyl sites for hydroxylation is 2. The minimum atomic E-state index is -0.199. The van der Waals surface area contributed by atoms with E-state index in [1.54, 1.807) is 11.5 Å². The van der Waals surface area contributed by atoms with Crippen molar-refractivity contribution < 1.29 is 13.9 Å². The number of nitrogens with one attached hydrogen (secondary N) is 2. The van der Waals surface area contributed by atoms with Gasteiger partial charge in [0, 0.05) is 37.5 Å². The first-order valence-corrected chi connectivity index (χ1v) is 12.4. The van der Waals surface area contributed by atoms with Crippen molar-refractivity contribution in [1.29, 1.82) is 5.41 Å². The third kappa shape index (κ3) is 5.66. The monoisotopic (exact) mass is 476 g/mol. The van der Waals surface area contributed by atoms with Gasteiger partial charge in [0.05, 0.1) is 13.2 Å². The summed E-state index contributed by atoms with van der Waals surface area (Å²) in [5, 5.41) is 11.4. The molecule has 2 aromatic carbocycles. The Hall–Kier alpha value is -3.35. The molecule has 1 atom stereocenters. The SMILES string of the molecule is Cc1cc(C(CNC(=O)c2cc(Cn3ccn(C)c3=N)cc(OCC3CC3)c2)C2CC2)ccc1F. The van der Waals surface area contributed by atoms with Gasteiger partial charge >= 0.3 is 0 Å². The second kappa shape index (κ2) is 9.72. The molecule has 0 radical (unpaired) electrons. The van der Waals surface area contributed by atoms with Crippen LogP contribution in [0.2, 0.25) is 0 Å². The van der Waals surface area contributed by atoms with Gasteiger partial charge < -0.3 is 19.2 Å². The maximum absolute atomic E-state index is 13.8. The normalized spacial score (nSPS) is 16.2. The van der Waals surface area contributed by atoms with Crippen LogP contribution in [0.25, 0.3) is 0 Å². The summed E-state index contributed by atoms with van der Waals surface area (Å²) in [5.41, 5.74) is 3.58. The number of nitrogens with zero attached hydrogens (tertiary/aromatic N) is 2. The lowest BCUT2D eigenvalue weighted by atomic mass is 9.92. The topological polar surface area (TPSA) is 72.0 Å². The summed E-state index contributed by atoms with van der Waals surface area (Å²) in [6.45, 7) is 3.45. The standard InChI is InChI=1S/C28H33FN4O2/c1-18-11-22(7-8-26(18)29)25(21-5-6-21)15-31-27(34)23-12-20(16-33-10-9-32(2)28(33)30)13-24(14-23)35-17-19-3-4-19/h7-14,19,21,25,30H,3-6,15-17H2,1-2H3,(H,31,34). The second-order valence-electron chi connectivity index (χ2n) is 10.1. The van der Waals surface area contributed by atoms with Crippen LogP contribution in [-0.4, -0.2) is 28.2 Å². The Balaban J connectivity index is 1.34. The molecule has 1 unspecified atom stereocenters. The van der Waals surface area contributed by atoms with Crippen molar-refractivity contribution in [3.63, 3.8) is 0 Å². The van der Waals surface area contributed by atoms with Crippen LogP contribution in [0.1, 0.15) is 58.6 Å². The predicted molar refractivity (Wildman–Crippen MR) is 132 cm³/mol. The van der Waals surface area contributed by atoms with Crippen LogP contribution in [0, 0.1) is 30.0 Å². The van der Waals surface area contributed by atoms with E-state index < -0.39 is 0 Å². The Kier molecular flexibility index (Phi) is 6.50. The summed E-state index contributed by atoms with van der Waals surface area (Å²) in [7, 11) is 1.84. The van der Waals surface area contributed by atoms with Gasteiger partial charge in [0.1, 0.15) is 11.6 Å². The number of rotatable bonds is 10. The minimum absolute atomic E-state index is 0.142. The molecule has 0 spiro atoms. The second-order valence-corrected chi connectivity index (χ2v) is 10.1. The Labute approximate surface area is 205 Å². The Morgan fingerprint density at radius 1 is 1.17 bits per heavy atom. The molecule has 35 heavy (non-hydrogen) atoms. The highest BCUT2D eigenvalue weighted by Gasteiger charge is 2.33. The number of imidazole rings is 1. The molecule has 0 aliphatic heterocycles. The fraction of sp³-hybridized carbons (Fsp3) is 0.429. The smallest absolute Gasteiger partial charge is 0.251 e. The Bertz CT molecular complexity index is 1290. The zero-order chi connectivity index (χ0) is 24.5. The van der Waals surface area contributed by atoms with E-state index in [4.69, 9.17) is 10.1 Å². The molecule has 2 N–H and O–H groups in total. The van der Waals surface area contributed by atoms with E-state index in [2.05, 4.69) is 5.32 Å². The summed E-state index contributed by atoms with van der Waals surface area (Å²) < 4.78 is 23.4. The molecule has 1 aromatic heterocycles. The van der Waals surface area contributed by atoms with E-state index in [0.717, 1.165) is 24.0 Å². The Morgan fingerprint density at radius 3 is 2.63 bits per heavy atom. The molecule has 2 aliphatic rings. The summed E-state index contributed by atoms with van der Waals surface area (Å²) in [5.74, 6) is 1.66. The number of halogens is 1. The molecular weight excluding hydrogens is 443 g/mol. The maximum Gasteiger partial charge on any atom is 0.251 e. The molecule has 6 nitrogen and oxygen atoms in total. The van der Waals surface area contributed by atoms with E-state index in [-0.39, 0.29) is 17.6 Å². The van der Waals surface area contributed by atoms with Crippen molar-refractivity contribution in [3.05, 3.63) is 82.5 Å². The number of hydrogen-bond acceptors (Lipinski definition) is 3. The lowest BCUT2D eigenvalue weighted by Crippen LogP contribution is -2.29. The quantitative estimate of drug-likeness (QED) is 0.452. The fourth-order valence-electron chi connectivity index (χ4n) is 4.57. The Morgan fingerprint density at radius 2 is 1.97 bits per heavy atom. The average molecular weight is 477 g/mol. The largest absolute Gasteiger partial charge is 0.493 e. The maximum atomic E-state index is 13.8. The van der Waals surface area contributed by atoms with Crippen LogP contribution in [0.5, 0.6) is 5.75 Å². The zero-order valence-corrected chi connectivity index (χ0v) is 20.4. The molecule has 184 valence electrons. The van der Waals surface area contributed by atoms with Gasteiger partial charge in [0.25, 0.3) is 5.91 Å². The van der Waals surface area contributed by atoms with Crippen molar-refractivity contribution in [1.82, 2.24) is 14.5 Å². The van der Waals surface area contributed by atoms with Crippen molar-refractivity contribution >= 4 is 5.91 Å². The number of ether oxygens (including phenoxy) is 1. The van der Waals surface area contributed by atoms with Gasteiger partial charge in [-0.25, -0.2) is 4.39 Å². The number of aromatic nitrogens is 2. The molecule has 2 saturated carbocycles. The third-order valence-electron chi connectivity index (χ3n) is 7.12. The number of hydrogen-bond donors (Lipinski definition) is 2. The van der Waals surface area contributed by atoms with Crippen LogP contribution < -0.4 is 15.7 Å². The summed E-state index contributed by atoms with van der Waals surface area (Å²) in [4.78, 5) is 13.2. The van der Waals surface area contributed by atoms with Crippen LogP contribution >= 0.6 is 0 Å². The van der Waals surface area contributed by atoms with Crippen molar-refractivity contribution in [2.45, 2.75) is 45.1 Å². The van der Waals surface area contributed by atoms with Crippen molar-refractivity contribution in [3.8, 4) is 5.75 Å². The van der Waals surface area contributed by atoms with Crippen molar-refractivity contribution in [2.24, 2.45) is 18.9 Å². The van der Waals surface area contributed by atoms with Gasteiger partial charge in [-0.2, -0.15) is 0 Å². The molecule has 7 heteroatoms. The molecule has 0 saturated heterocycles. The first-order chi connectivity index (χ1) is 16.9. The van der Waals surface area contributed by atoms with Crippen molar-refractivity contribution in [2.75, 3.05) is 13.2 Å². The first-order valence-electron chi connectivity index (χ1n) is 12.4. The summed E-state index contributed by atoms with van der Waals surface area (Å²) >= 11 is 0. The van der Waals surface area contributed by atoms with Gasteiger partial charge in [-0.1, -0.05) is 12.1 Å². The molecule has 3 aromatic rings. The van der Waals surface area contributed by atoms with Gasteiger partial charge in [0.15, 0.2) is 0 Å². The van der Waals surface area contributed by atoms with Crippen LogP contribution in [-0.2, 0) is 13.6 Å². The van der Waals surface area contributed by atoms with E-state index >= 15 is 0 Å². The van der Waals surface area contributed by atoms with Crippen LogP contribution in [0.4, 0.5) is 4.39 Å². The van der Waals surface area contributed by atoms with Crippen LogP contribution in [0.3, 0.4) is 0 Å². The highest BCUT2D eigenvalue weighted by molar-refractivity contribution is 5.94. The molecule has 2 fully saturated rings. The lowest BCUT2D eigenvalue weighted by Gasteiger charge is -2.19. The average Bonchev–Trinajstić information content (AvgIpc) is 3.77. The van der Waals surface area contributed by atoms with E-state index in [1.807, 2.05) is 54.3 Å². The van der Waals surface area contributed by atoms with Gasteiger partial charge in [0.2, 0.25) is 5.62 Å². The molecular formula is C28H33FN4O2. The van der Waals surface area contributed by atoms with E-state index in [1.165, 1.54) is 18.9 Å². The zero-order valence-electron chi connectivity index (χ0n) is 20.4. The number of carbonyl (C=O) groups excluding carboxylic acids is 1. The fourth-order valence-corrected chi connectivity index (χ4v) is 4.57. The predicted octanol–water partition coefficient (Wildman–Crippen LogP) is 4.51. The van der Waals surface area contributed by atoms with E-state index in [9.17, 15) is 9.18 Å². The number of carbonyl (C=O) groups is 1. The molecule has 1 heterocycles. The summed E-state index contributed by atoms with van der Waals surface area (Å²) in [6.07, 6.45) is 8.37. The van der Waals surface area contributed by atoms with Crippen LogP contribution in [0.15, 0.2) is 48.8 Å². The highest BCUT2D eigenvalue weighted by atomic mass is 19.1. The van der Waals surface area contributed by atoms with Gasteiger partial charge in [-0.05, 0) is 85.4 Å². The van der Waals surface area contributed by atoms with Gasteiger partial charge in [-0.15, -0.1) is 0 Å². The molecule has 0 bridgehead atoms. The van der Waals surface area contributed by atoms with E-state index in [0.29, 0.717) is 54.0 Å². The highest BCUT2D eigenvalue weighted by Crippen LogP contribution is 2.42. The lowest BCUT2D eigenvalue weighted by molar-refractivity contribution is 0.0949.